The highest BCUT2D eigenvalue weighted by molar-refractivity contribution is 5.85. The van der Waals surface area contributed by atoms with Crippen molar-refractivity contribution in [3.8, 4) is 0 Å². The van der Waals surface area contributed by atoms with Crippen LogP contribution in [0.15, 0.2) is 25.3 Å². The van der Waals surface area contributed by atoms with Crippen molar-refractivity contribution in [3.63, 3.8) is 0 Å². The van der Waals surface area contributed by atoms with Gasteiger partial charge in [0.05, 0.1) is 5.60 Å². The Morgan fingerprint density at radius 3 is 2.20 bits per heavy atom. The second kappa shape index (κ2) is 8.40. The van der Waals surface area contributed by atoms with E-state index < -0.39 is 5.60 Å². The van der Waals surface area contributed by atoms with Crippen molar-refractivity contribution in [2.24, 2.45) is 17.8 Å². The number of hydrogen-bond donors (Lipinski definition) is 3. The largest absolute Gasteiger partial charge is 0.388 e. The molecule has 2 aliphatic rings. The maximum Gasteiger partial charge on any atom is 0.0865 e. The zero-order valence-corrected chi connectivity index (χ0v) is 13.8. The molecule has 2 unspecified atom stereocenters. The van der Waals surface area contributed by atoms with Crippen LogP contribution in [0.4, 0.5) is 0 Å². The molecule has 2 fully saturated rings. The number of hydrogen-bond acceptors (Lipinski definition) is 3. The first-order valence-electron chi connectivity index (χ1n) is 7.00. The summed E-state index contributed by atoms with van der Waals surface area (Å²) < 4.78 is 0. The summed E-state index contributed by atoms with van der Waals surface area (Å²) in [5, 5.41) is 17.5. The summed E-state index contributed by atoms with van der Waals surface area (Å²) in [5.41, 5.74) is -0.744. The van der Waals surface area contributed by atoms with Crippen molar-refractivity contribution < 1.29 is 5.11 Å². The number of aliphatic hydroxyl groups is 1. The molecule has 4 atom stereocenters. The Bertz CT molecular complexity index is 305. The lowest BCUT2D eigenvalue weighted by molar-refractivity contribution is 0.0123. The van der Waals surface area contributed by atoms with E-state index in [4.69, 9.17) is 0 Å². The van der Waals surface area contributed by atoms with E-state index in [1.807, 2.05) is 0 Å². The van der Waals surface area contributed by atoms with Gasteiger partial charge in [-0.2, -0.15) is 0 Å². The van der Waals surface area contributed by atoms with E-state index in [0.29, 0.717) is 12.8 Å². The van der Waals surface area contributed by atoms with Gasteiger partial charge in [0.25, 0.3) is 0 Å². The van der Waals surface area contributed by atoms with Crippen LogP contribution in [0, 0.1) is 17.8 Å². The van der Waals surface area contributed by atoms with Crippen LogP contribution in [-0.4, -0.2) is 36.4 Å². The standard InChI is InChI=1S/C15H26N2O.2ClH/c1-4-6-15(18,7-5-2)11(3)17-10-14-12-8-16-9-13(12)14;;/h4-5,11-14,16-18H,1-2,6-10H2,3H3;2*1H/t11?,12-,13+,14?;;. The molecule has 0 radical (unpaired) electrons. The van der Waals surface area contributed by atoms with Crippen molar-refractivity contribution in [1.82, 2.24) is 10.6 Å². The van der Waals surface area contributed by atoms with E-state index in [1.165, 1.54) is 13.1 Å². The van der Waals surface area contributed by atoms with Gasteiger partial charge in [0.2, 0.25) is 0 Å². The zero-order chi connectivity index (χ0) is 13.2. The van der Waals surface area contributed by atoms with Gasteiger partial charge in [-0.05, 0) is 57.2 Å². The van der Waals surface area contributed by atoms with Gasteiger partial charge < -0.3 is 15.7 Å². The predicted octanol–water partition coefficient (Wildman–Crippen LogP) is 2.16. The highest BCUT2D eigenvalue weighted by Gasteiger charge is 2.52. The SMILES string of the molecule is C=CCC(O)(CC=C)C(C)NCC1[C@H]2CNC[C@@H]12.Cl.Cl. The molecule has 0 aromatic carbocycles. The Kier molecular flexibility index (Phi) is 8.37. The summed E-state index contributed by atoms with van der Waals surface area (Å²) in [5.74, 6) is 2.55. The lowest BCUT2D eigenvalue weighted by atomic mass is 9.88. The molecule has 20 heavy (non-hydrogen) atoms. The monoisotopic (exact) mass is 322 g/mol. The molecule has 1 saturated heterocycles. The highest BCUT2D eigenvalue weighted by Crippen LogP contribution is 2.48. The van der Waals surface area contributed by atoms with Crippen LogP contribution in [0.3, 0.4) is 0 Å². The summed E-state index contributed by atoms with van der Waals surface area (Å²) in [7, 11) is 0. The quantitative estimate of drug-likeness (QED) is 0.600. The van der Waals surface area contributed by atoms with Gasteiger partial charge in [-0.25, -0.2) is 0 Å². The van der Waals surface area contributed by atoms with E-state index in [-0.39, 0.29) is 30.9 Å². The minimum absolute atomic E-state index is 0. The van der Waals surface area contributed by atoms with Crippen molar-refractivity contribution >= 4 is 24.8 Å². The first kappa shape index (κ1) is 19.9. The highest BCUT2D eigenvalue weighted by atomic mass is 35.5. The summed E-state index contributed by atoms with van der Waals surface area (Å²) in [6.07, 6.45) is 4.79. The maximum atomic E-state index is 10.6. The zero-order valence-electron chi connectivity index (χ0n) is 12.2. The second-order valence-corrected chi connectivity index (χ2v) is 5.87. The molecule has 0 aromatic heterocycles. The second-order valence-electron chi connectivity index (χ2n) is 5.87. The van der Waals surface area contributed by atoms with Crippen molar-refractivity contribution in [1.29, 1.82) is 0 Å². The van der Waals surface area contributed by atoms with Crippen molar-refractivity contribution in [3.05, 3.63) is 25.3 Å². The van der Waals surface area contributed by atoms with E-state index in [2.05, 4.69) is 30.7 Å². The average molecular weight is 323 g/mol. The van der Waals surface area contributed by atoms with Crippen LogP contribution < -0.4 is 10.6 Å². The average Bonchev–Trinajstić information content (AvgIpc) is 2.77. The maximum absolute atomic E-state index is 10.6. The summed E-state index contributed by atoms with van der Waals surface area (Å²) in [4.78, 5) is 0. The van der Waals surface area contributed by atoms with Crippen molar-refractivity contribution in [2.45, 2.75) is 31.4 Å². The van der Waals surface area contributed by atoms with E-state index >= 15 is 0 Å². The molecule has 3 nitrogen and oxygen atoms in total. The third kappa shape index (κ3) is 4.22. The molecule has 0 aromatic rings. The Hall–Kier alpha value is -0.0600. The smallest absolute Gasteiger partial charge is 0.0865 e. The number of rotatable bonds is 8. The van der Waals surface area contributed by atoms with Gasteiger partial charge in [0, 0.05) is 6.04 Å². The van der Waals surface area contributed by atoms with Crippen LogP contribution >= 0.6 is 24.8 Å². The molecule has 1 heterocycles. The molecular weight excluding hydrogens is 295 g/mol. The summed E-state index contributed by atoms with van der Waals surface area (Å²) >= 11 is 0. The minimum atomic E-state index is -0.744. The molecule has 2 rings (SSSR count). The Morgan fingerprint density at radius 2 is 1.75 bits per heavy atom. The van der Waals surface area contributed by atoms with Gasteiger partial charge in [-0.3, -0.25) is 0 Å². The molecule has 0 bridgehead atoms. The predicted molar refractivity (Wildman–Crippen MR) is 89.9 cm³/mol. The van der Waals surface area contributed by atoms with Crippen LogP contribution in [-0.2, 0) is 0 Å². The third-order valence-corrected chi connectivity index (χ3v) is 4.73. The fourth-order valence-electron chi connectivity index (χ4n) is 3.29. The summed E-state index contributed by atoms with van der Waals surface area (Å²) in [6, 6.07) is 0.0720. The summed E-state index contributed by atoms with van der Waals surface area (Å²) in [6.45, 7) is 12.9. The molecule has 0 spiro atoms. The number of halogens is 2. The number of fused-ring (bicyclic) bond motifs is 1. The lowest BCUT2D eigenvalue weighted by Gasteiger charge is -2.33. The van der Waals surface area contributed by atoms with E-state index in [9.17, 15) is 5.11 Å². The lowest BCUT2D eigenvalue weighted by Crippen LogP contribution is -2.49. The molecule has 118 valence electrons. The van der Waals surface area contributed by atoms with E-state index in [0.717, 1.165) is 24.3 Å². The Morgan fingerprint density at radius 1 is 1.25 bits per heavy atom. The third-order valence-electron chi connectivity index (χ3n) is 4.73. The Labute approximate surface area is 135 Å². The fourth-order valence-corrected chi connectivity index (χ4v) is 3.29. The van der Waals surface area contributed by atoms with Crippen LogP contribution in [0.1, 0.15) is 19.8 Å². The van der Waals surface area contributed by atoms with E-state index in [1.54, 1.807) is 12.2 Å². The van der Waals surface area contributed by atoms with Gasteiger partial charge in [-0.1, -0.05) is 12.2 Å². The van der Waals surface area contributed by atoms with Crippen LogP contribution in [0.25, 0.3) is 0 Å². The fraction of sp³-hybridized carbons (Fsp3) is 0.733. The van der Waals surface area contributed by atoms with Gasteiger partial charge in [0.1, 0.15) is 0 Å². The first-order valence-corrected chi connectivity index (χ1v) is 7.00. The minimum Gasteiger partial charge on any atom is -0.388 e. The normalized spacial score (nSPS) is 28.6. The molecule has 1 aliphatic heterocycles. The van der Waals surface area contributed by atoms with Gasteiger partial charge in [-0.15, -0.1) is 38.0 Å². The van der Waals surface area contributed by atoms with Crippen LogP contribution in [0.2, 0.25) is 0 Å². The first-order chi connectivity index (χ1) is 8.62. The van der Waals surface area contributed by atoms with Gasteiger partial charge >= 0.3 is 0 Å². The molecule has 0 amide bonds. The number of piperidine rings is 1. The molecule has 1 saturated carbocycles. The topological polar surface area (TPSA) is 44.3 Å². The Balaban J connectivity index is 0.00000180. The molecule has 5 heteroatoms. The molecule has 3 N–H and O–H groups in total. The number of nitrogens with one attached hydrogen (secondary N) is 2. The molecular formula is C15H28Cl2N2O. The van der Waals surface area contributed by atoms with Crippen LogP contribution in [0.5, 0.6) is 0 Å². The molecule has 1 aliphatic carbocycles. The van der Waals surface area contributed by atoms with Gasteiger partial charge in [0.15, 0.2) is 0 Å². The van der Waals surface area contributed by atoms with Crippen molar-refractivity contribution in [2.75, 3.05) is 19.6 Å².